The van der Waals surface area contributed by atoms with Crippen molar-refractivity contribution in [2.75, 3.05) is 0 Å². The van der Waals surface area contributed by atoms with Gasteiger partial charge in [0.05, 0.1) is 11.6 Å². The highest BCUT2D eigenvalue weighted by Gasteiger charge is 2.38. The zero-order chi connectivity index (χ0) is 17.3. The second kappa shape index (κ2) is 6.41. The van der Waals surface area contributed by atoms with Gasteiger partial charge in [-0.2, -0.15) is 0 Å². The second-order valence-corrected chi connectivity index (χ2v) is 5.58. The van der Waals surface area contributed by atoms with Crippen LogP contribution in [0.15, 0.2) is 43.3 Å². The molecule has 1 unspecified atom stereocenters. The molecule has 1 saturated heterocycles. The Labute approximate surface area is 137 Å². The summed E-state index contributed by atoms with van der Waals surface area (Å²) in [5, 5.41) is 3.10. The smallest absolute Gasteiger partial charge is 0.259 e. The summed E-state index contributed by atoms with van der Waals surface area (Å²) in [6.45, 7) is 17.6. The lowest BCUT2D eigenvalue weighted by molar-refractivity contribution is 0.0809. The summed E-state index contributed by atoms with van der Waals surface area (Å²) in [4.78, 5) is 14.2. The molecule has 1 aromatic carbocycles. The number of amides is 1. The Bertz CT molecular complexity index is 665. The van der Waals surface area contributed by atoms with Gasteiger partial charge in [0.1, 0.15) is 5.82 Å². The molecule has 1 aromatic rings. The summed E-state index contributed by atoms with van der Waals surface area (Å²) in [6, 6.07) is 2.81. The number of rotatable bonds is 1. The molecule has 0 aromatic heterocycles. The molecular weight excluding hydrogens is 291 g/mol. The van der Waals surface area contributed by atoms with Crippen LogP contribution in [0.1, 0.15) is 48.2 Å². The van der Waals surface area contributed by atoms with Crippen LogP contribution in [0.25, 0.3) is 5.70 Å². The molecule has 23 heavy (non-hydrogen) atoms. The van der Waals surface area contributed by atoms with Gasteiger partial charge in [-0.15, -0.1) is 0 Å². The lowest BCUT2D eigenvalue weighted by atomic mass is 10.0. The van der Waals surface area contributed by atoms with Crippen LogP contribution < -0.4 is 5.32 Å². The van der Waals surface area contributed by atoms with Crippen LogP contribution in [0.3, 0.4) is 0 Å². The number of allylic oxidation sites excluding steroid dienone is 1. The van der Waals surface area contributed by atoms with E-state index in [-0.39, 0.29) is 17.8 Å². The number of benzene rings is 1. The molecular formula is C19H23FN2O. The van der Waals surface area contributed by atoms with Gasteiger partial charge in [-0.05, 0) is 37.5 Å². The fraction of sp³-hybridized carbons (Fsp3) is 0.316. The standard InChI is InChI=1S/C17H17FN2O.C2H6/c1-9-7-13-12(4)20(17(21)14(13)8-15(9)18)16-6-5-10(2)19-11(16)3;1-2/h7-8,16,19H,2-6H2,1H3;1-2H3. The number of halogens is 1. The zero-order valence-corrected chi connectivity index (χ0v) is 14.0. The van der Waals surface area contributed by atoms with Crippen LogP contribution >= 0.6 is 0 Å². The summed E-state index contributed by atoms with van der Waals surface area (Å²) in [6.07, 6.45) is 1.51. The third kappa shape index (κ3) is 2.81. The van der Waals surface area contributed by atoms with E-state index in [0.29, 0.717) is 22.4 Å². The SMILES string of the molecule is C=C1CCC(N2C(=C)c3cc(C)c(F)cc3C2=O)C(=C)N1.CC. The highest BCUT2D eigenvalue weighted by Crippen LogP contribution is 2.38. The van der Waals surface area contributed by atoms with Crippen LogP contribution in [0.4, 0.5) is 4.39 Å². The average molecular weight is 314 g/mol. The lowest BCUT2D eigenvalue weighted by Crippen LogP contribution is -2.42. The topological polar surface area (TPSA) is 32.3 Å². The van der Waals surface area contributed by atoms with E-state index in [1.165, 1.54) is 6.07 Å². The maximum atomic E-state index is 13.7. The predicted octanol–water partition coefficient (Wildman–Crippen LogP) is 4.37. The Morgan fingerprint density at radius 3 is 2.48 bits per heavy atom. The minimum Gasteiger partial charge on any atom is -0.362 e. The number of hydrogen-bond acceptors (Lipinski definition) is 2. The van der Waals surface area contributed by atoms with Gasteiger partial charge in [0.2, 0.25) is 0 Å². The number of aryl methyl sites for hydroxylation is 1. The van der Waals surface area contributed by atoms with Crippen molar-refractivity contribution in [2.24, 2.45) is 0 Å². The van der Waals surface area contributed by atoms with E-state index in [2.05, 4.69) is 25.1 Å². The van der Waals surface area contributed by atoms with Crippen molar-refractivity contribution in [3.63, 3.8) is 0 Å². The third-order valence-corrected chi connectivity index (χ3v) is 4.12. The second-order valence-electron chi connectivity index (χ2n) is 5.58. The maximum Gasteiger partial charge on any atom is 0.259 e. The Balaban J connectivity index is 0.000000924. The number of fused-ring (bicyclic) bond motifs is 1. The molecule has 1 amide bonds. The first-order valence-electron chi connectivity index (χ1n) is 7.86. The number of nitrogens with one attached hydrogen (secondary N) is 1. The number of carbonyl (C=O) groups excluding carboxylic acids is 1. The van der Waals surface area contributed by atoms with Crippen molar-refractivity contribution in [1.29, 1.82) is 0 Å². The van der Waals surface area contributed by atoms with E-state index in [1.54, 1.807) is 17.9 Å². The Kier molecular flexibility index (Phi) is 4.73. The summed E-state index contributed by atoms with van der Waals surface area (Å²) < 4.78 is 13.7. The van der Waals surface area contributed by atoms with Crippen molar-refractivity contribution in [1.82, 2.24) is 10.2 Å². The van der Waals surface area contributed by atoms with Gasteiger partial charge in [-0.3, -0.25) is 9.69 Å². The third-order valence-electron chi connectivity index (χ3n) is 4.12. The summed E-state index contributed by atoms with van der Waals surface area (Å²) >= 11 is 0. The van der Waals surface area contributed by atoms with Crippen LogP contribution in [0.5, 0.6) is 0 Å². The molecule has 4 heteroatoms. The molecule has 0 radical (unpaired) electrons. The molecule has 1 fully saturated rings. The molecule has 3 nitrogen and oxygen atoms in total. The van der Waals surface area contributed by atoms with E-state index >= 15 is 0 Å². The van der Waals surface area contributed by atoms with Gasteiger partial charge < -0.3 is 5.32 Å². The zero-order valence-electron chi connectivity index (χ0n) is 14.0. The van der Waals surface area contributed by atoms with Crippen LogP contribution in [0, 0.1) is 12.7 Å². The highest BCUT2D eigenvalue weighted by molar-refractivity contribution is 6.09. The molecule has 0 aliphatic carbocycles. The van der Waals surface area contributed by atoms with Gasteiger partial charge in [-0.1, -0.05) is 33.6 Å². The Morgan fingerprint density at radius 1 is 1.22 bits per heavy atom. The van der Waals surface area contributed by atoms with Crippen LogP contribution in [-0.2, 0) is 0 Å². The molecule has 2 aliphatic rings. The number of piperidine rings is 1. The van der Waals surface area contributed by atoms with Crippen molar-refractivity contribution in [3.8, 4) is 0 Å². The number of carbonyl (C=O) groups is 1. The van der Waals surface area contributed by atoms with E-state index in [0.717, 1.165) is 24.2 Å². The molecule has 122 valence electrons. The predicted molar refractivity (Wildman–Crippen MR) is 92.1 cm³/mol. The van der Waals surface area contributed by atoms with Crippen molar-refractivity contribution >= 4 is 11.6 Å². The van der Waals surface area contributed by atoms with Gasteiger partial charge in [0, 0.05) is 22.7 Å². The molecule has 0 spiro atoms. The molecule has 3 rings (SSSR count). The minimum atomic E-state index is -0.370. The quantitative estimate of drug-likeness (QED) is 0.835. The van der Waals surface area contributed by atoms with Crippen molar-refractivity contribution < 1.29 is 9.18 Å². The molecule has 0 saturated carbocycles. The number of hydrogen-bond donors (Lipinski definition) is 1. The van der Waals surface area contributed by atoms with Gasteiger partial charge in [-0.25, -0.2) is 4.39 Å². The molecule has 2 heterocycles. The van der Waals surface area contributed by atoms with Crippen LogP contribution in [0.2, 0.25) is 0 Å². The van der Waals surface area contributed by atoms with E-state index in [9.17, 15) is 9.18 Å². The van der Waals surface area contributed by atoms with Crippen molar-refractivity contribution in [3.05, 3.63) is 65.8 Å². The van der Waals surface area contributed by atoms with Crippen molar-refractivity contribution in [2.45, 2.75) is 39.7 Å². The Hall–Kier alpha value is -2.36. The van der Waals surface area contributed by atoms with E-state index in [4.69, 9.17) is 0 Å². The molecule has 2 aliphatic heterocycles. The minimum absolute atomic E-state index is 0.175. The first kappa shape index (κ1) is 17.0. The van der Waals surface area contributed by atoms with E-state index in [1.807, 2.05) is 13.8 Å². The highest BCUT2D eigenvalue weighted by atomic mass is 19.1. The fourth-order valence-electron chi connectivity index (χ4n) is 2.95. The number of nitrogens with zero attached hydrogens (tertiary/aromatic N) is 1. The lowest BCUT2D eigenvalue weighted by Gasteiger charge is -2.35. The molecule has 0 bridgehead atoms. The fourth-order valence-corrected chi connectivity index (χ4v) is 2.95. The van der Waals surface area contributed by atoms with Crippen LogP contribution in [-0.4, -0.2) is 16.8 Å². The van der Waals surface area contributed by atoms with Gasteiger partial charge >= 0.3 is 0 Å². The Morgan fingerprint density at radius 2 is 1.87 bits per heavy atom. The average Bonchev–Trinajstić information content (AvgIpc) is 2.74. The van der Waals surface area contributed by atoms with Gasteiger partial charge in [0.25, 0.3) is 5.91 Å². The van der Waals surface area contributed by atoms with Gasteiger partial charge in [0.15, 0.2) is 0 Å². The first-order chi connectivity index (χ1) is 10.9. The largest absolute Gasteiger partial charge is 0.362 e. The molecule has 1 atom stereocenters. The first-order valence-corrected chi connectivity index (χ1v) is 7.86. The maximum absolute atomic E-state index is 13.7. The normalized spacial score (nSPS) is 20.0. The van der Waals surface area contributed by atoms with E-state index < -0.39 is 0 Å². The summed E-state index contributed by atoms with van der Waals surface area (Å²) in [7, 11) is 0. The monoisotopic (exact) mass is 314 g/mol. The summed E-state index contributed by atoms with van der Waals surface area (Å²) in [5.41, 5.74) is 3.83. The molecule has 1 N–H and O–H groups in total. The summed E-state index contributed by atoms with van der Waals surface area (Å²) in [5.74, 6) is -0.583.